The van der Waals surface area contributed by atoms with Gasteiger partial charge in [0.15, 0.2) is 0 Å². The quantitative estimate of drug-likeness (QED) is 0.219. The van der Waals surface area contributed by atoms with Crippen molar-refractivity contribution in [2.24, 2.45) is 0 Å². The standard InChI is InChI=1S/C30H42N2O/c1-4-6-8-9-13-19-30(32-20-14-7-5-2,26-15-11-10-12-16-26)27-22-28(31-23-27)25-17-18-29(33)24(3)21-25/h10-12,15-18,21-23,31-33H,4-9,13-14,19-20H2,1-3H3. The number of rotatable bonds is 14. The molecule has 3 heteroatoms. The molecule has 0 fully saturated rings. The summed E-state index contributed by atoms with van der Waals surface area (Å²) in [6.45, 7) is 7.49. The molecule has 0 amide bonds. The minimum Gasteiger partial charge on any atom is -0.508 e. The van der Waals surface area contributed by atoms with Gasteiger partial charge in [0.2, 0.25) is 0 Å². The predicted octanol–water partition coefficient (Wildman–Crippen LogP) is 8.08. The Morgan fingerprint density at radius 1 is 0.818 bits per heavy atom. The molecule has 33 heavy (non-hydrogen) atoms. The molecule has 3 aromatic rings. The van der Waals surface area contributed by atoms with E-state index in [-0.39, 0.29) is 5.54 Å². The zero-order valence-electron chi connectivity index (χ0n) is 20.8. The molecule has 0 bridgehead atoms. The molecule has 3 nitrogen and oxygen atoms in total. The Balaban J connectivity index is 1.96. The lowest BCUT2D eigenvalue weighted by atomic mass is 9.79. The smallest absolute Gasteiger partial charge is 0.118 e. The van der Waals surface area contributed by atoms with E-state index in [0.717, 1.165) is 29.8 Å². The maximum Gasteiger partial charge on any atom is 0.118 e. The van der Waals surface area contributed by atoms with Crippen LogP contribution in [0.5, 0.6) is 5.75 Å². The van der Waals surface area contributed by atoms with Crippen molar-refractivity contribution in [3.8, 4) is 17.0 Å². The summed E-state index contributed by atoms with van der Waals surface area (Å²) in [5.41, 5.74) is 5.52. The number of phenolic OH excluding ortho intramolecular Hbond substituents is 1. The highest BCUT2D eigenvalue weighted by Gasteiger charge is 2.34. The fourth-order valence-electron chi connectivity index (χ4n) is 4.77. The fraction of sp³-hybridized carbons (Fsp3) is 0.467. The molecule has 0 aliphatic rings. The lowest BCUT2D eigenvalue weighted by molar-refractivity contribution is 0.352. The van der Waals surface area contributed by atoms with Crippen molar-refractivity contribution in [1.29, 1.82) is 0 Å². The first-order valence-electron chi connectivity index (χ1n) is 12.9. The van der Waals surface area contributed by atoms with E-state index in [1.807, 2.05) is 13.0 Å². The molecule has 0 saturated heterocycles. The van der Waals surface area contributed by atoms with Crippen molar-refractivity contribution in [1.82, 2.24) is 10.3 Å². The van der Waals surface area contributed by atoms with E-state index >= 15 is 0 Å². The number of aromatic hydroxyl groups is 1. The third-order valence-electron chi connectivity index (χ3n) is 6.81. The van der Waals surface area contributed by atoms with Gasteiger partial charge in [0, 0.05) is 11.9 Å². The van der Waals surface area contributed by atoms with E-state index in [1.54, 1.807) is 6.07 Å². The molecule has 178 valence electrons. The van der Waals surface area contributed by atoms with Gasteiger partial charge in [-0.25, -0.2) is 0 Å². The average molecular weight is 447 g/mol. The molecule has 1 aromatic heterocycles. The van der Waals surface area contributed by atoms with Crippen LogP contribution in [0.25, 0.3) is 11.3 Å². The maximum absolute atomic E-state index is 9.95. The fourth-order valence-corrected chi connectivity index (χ4v) is 4.77. The van der Waals surface area contributed by atoms with E-state index in [0.29, 0.717) is 5.75 Å². The number of phenols is 1. The second-order valence-corrected chi connectivity index (χ2v) is 9.37. The molecule has 0 aliphatic heterocycles. The van der Waals surface area contributed by atoms with Gasteiger partial charge in [-0.1, -0.05) is 89.1 Å². The van der Waals surface area contributed by atoms with Crippen molar-refractivity contribution < 1.29 is 5.11 Å². The van der Waals surface area contributed by atoms with Crippen LogP contribution in [0.15, 0.2) is 60.8 Å². The number of aromatic amines is 1. The Labute approximate surface area is 200 Å². The van der Waals surface area contributed by atoms with Gasteiger partial charge in [-0.2, -0.15) is 0 Å². The van der Waals surface area contributed by atoms with Crippen molar-refractivity contribution in [3.63, 3.8) is 0 Å². The van der Waals surface area contributed by atoms with Crippen molar-refractivity contribution in [3.05, 3.63) is 77.5 Å². The van der Waals surface area contributed by atoms with Gasteiger partial charge in [-0.05, 0) is 72.8 Å². The van der Waals surface area contributed by atoms with Crippen LogP contribution in [0.3, 0.4) is 0 Å². The Morgan fingerprint density at radius 2 is 1.55 bits per heavy atom. The normalized spacial score (nSPS) is 13.2. The zero-order valence-corrected chi connectivity index (χ0v) is 20.8. The summed E-state index contributed by atoms with van der Waals surface area (Å²) in [4.78, 5) is 3.53. The van der Waals surface area contributed by atoms with Crippen molar-refractivity contribution >= 4 is 0 Å². The monoisotopic (exact) mass is 446 g/mol. The van der Waals surface area contributed by atoms with Crippen LogP contribution in [0.2, 0.25) is 0 Å². The SMILES string of the molecule is CCCCCCCC(NCCCCC)(c1ccccc1)c1c[nH]c(-c2ccc(O)c(C)c2)c1. The van der Waals surface area contributed by atoms with Crippen LogP contribution >= 0.6 is 0 Å². The highest BCUT2D eigenvalue weighted by Crippen LogP contribution is 2.37. The zero-order chi connectivity index (χ0) is 23.5. The second kappa shape index (κ2) is 12.6. The predicted molar refractivity (Wildman–Crippen MR) is 141 cm³/mol. The van der Waals surface area contributed by atoms with E-state index in [2.05, 4.69) is 72.8 Å². The van der Waals surface area contributed by atoms with Crippen LogP contribution in [-0.2, 0) is 5.54 Å². The van der Waals surface area contributed by atoms with E-state index in [4.69, 9.17) is 0 Å². The minimum absolute atomic E-state index is 0.206. The summed E-state index contributed by atoms with van der Waals surface area (Å²) in [5, 5.41) is 14.0. The van der Waals surface area contributed by atoms with E-state index in [9.17, 15) is 5.11 Å². The Bertz CT molecular complexity index is 962. The first-order chi connectivity index (χ1) is 16.1. The number of nitrogens with one attached hydrogen (secondary N) is 2. The number of unbranched alkanes of at least 4 members (excludes halogenated alkanes) is 6. The van der Waals surface area contributed by atoms with Crippen LogP contribution in [0.4, 0.5) is 0 Å². The molecule has 2 aromatic carbocycles. The molecule has 0 radical (unpaired) electrons. The van der Waals surface area contributed by atoms with Crippen LogP contribution < -0.4 is 5.32 Å². The van der Waals surface area contributed by atoms with Crippen LogP contribution in [0.1, 0.15) is 88.3 Å². The summed E-state index contributed by atoms with van der Waals surface area (Å²) in [7, 11) is 0. The Kier molecular flexibility index (Phi) is 9.62. The number of hydrogen-bond donors (Lipinski definition) is 3. The van der Waals surface area contributed by atoms with Gasteiger partial charge in [0.25, 0.3) is 0 Å². The third kappa shape index (κ3) is 6.51. The Morgan fingerprint density at radius 3 is 2.27 bits per heavy atom. The number of aromatic nitrogens is 1. The number of H-pyrrole nitrogens is 1. The van der Waals surface area contributed by atoms with Gasteiger partial charge in [-0.15, -0.1) is 0 Å². The summed E-state index contributed by atoms with van der Waals surface area (Å²) in [6.07, 6.45) is 13.3. The number of hydrogen-bond acceptors (Lipinski definition) is 2. The Hall–Kier alpha value is -2.52. The first-order valence-corrected chi connectivity index (χ1v) is 12.9. The van der Waals surface area contributed by atoms with Crippen molar-refractivity contribution in [2.45, 2.75) is 84.1 Å². The van der Waals surface area contributed by atoms with Gasteiger partial charge < -0.3 is 15.4 Å². The molecule has 3 N–H and O–H groups in total. The molecule has 1 atom stereocenters. The summed E-state index contributed by atoms with van der Waals surface area (Å²) in [6, 6.07) is 19.1. The highest BCUT2D eigenvalue weighted by atomic mass is 16.3. The molecule has 0 saturated carbocycles. The average Bonchev–Trinajstić information content (AvgIpc) is 3.33. The molecular formula is C30H42N2O. The van der Waals surface area contributed by atoms with Crippen LogP contribution in [0, 0.1) is 6.92 Å². The van der Waals surface area contributed by atoms with E-state index in [1.165, 1.54) is 62.5 Å². The molecule has 0 spiro atoms. The third-order valence-corrected chi connectivity index (χ3v) is 6.81. The minimum atomic E-state index is -0.206. The van der Waals surface area contributed by atoms with E-state index < -0.39 is 0 Å². The number of aryl methyl sites for hydroxylation is 1. The second-order valence-electron chi connectivity index (χ2n) is 9.37. The maximum atomic E-state index is 9.95. The lowest BCUT2D eigenvalue weighted by Crippen LogP contribution is -2.43. The topological polar surface area (TPSA) is 48.0 Å². The van der Waals surface area contributed by atoms with Crippen molar-refractivity contribution in [2.75, 3.05) is 6.54 Å². The molecular weight excluding hydrogens is 404 g/mol. The highest BCUT2D eigenvalue weighted by molar-refractivity contribution is 5.64. The van der Waals surface area contributed by atoms with Crippen LogP contribution in [-0.4, -0.2) is 16.6 Å². The number of benzene rings is 2. The largest absolute Gasteiger partial charge is 0.508 e. The summed E-state index contributed by atoms with van der Waals surface area (Å²) >= 11 is 0. The molecule has 0 aliphatic carbocycles. The molecule has 3 rings (SSSR count). The molecule has 1 unspecified atom stereocenters. The summed E-state index contributed by atoms with van der Waals surface area (Å²) < 4.78 is 0. The molecule has 1 heterocycles. The summed E-state index contributed by atoms with van der Waals surface area (Å²) in [5.74, 6) is 0.342. The first kappa shape index (κ1) is 25.1. The van der Waals surface area contributed by atoms with Gasteiger partial charge in [0.1, 0.15) is 5.75 Å². The van der Waals surface area contributed by atoms with Gasteiger partial charge >= 0.3 is 0 Å². The lowest BCUT2D eigenvalue weighted by Gasteiger charge is -2.36. The van der Waals surface area contributed by atoms with Gasteiger partial charge in [-0.3, -0.25) is 0 Å². The van der Waals surface area contributed by atoms with Gasteiger partial charge in [0.05, 0.1) is 5.54 Å².